The van der Waals surface area contributed by atoms with Gasteiger partial charge in [0.1, 0.15) is 0 Å². The molecule has 4 aliphatic carbocycles. The van der Waals surface area contributed by atoms with Gasteiger partial charge in [-0.25, -0.2) is 0 Å². The highest BCUT2D eigenvalue weighted by Gasteiger charge is 2.61. The Kier molecular flexibility index (Phi) is 6.20. The molecule has 0 bridgehead atoms. The monoisotopic (exact) mass is 418 g/mol. The van der Waals surface area contributed by atoms with Crippen LogP contribution in [0.4, 0.5) is 0 Å². The summed E-state index contributed by atoms with van der Waals surface area (Å²) in [6.07, 6.45) is 13.8. The van der Waals surface area contributed by atoms with E-state index in [0.717, 1.165) is 54.8 Å². The average Bonchev–Trinajstić information content (AvgIpc) is 3.03. The topological polar surface area (TPSA) is 40.5 Å². The summed E-state index contributed by atoms with van der Waals surface area (Å²) in [7, 11) is 0. The highest BCUT2D eigenvalue weighted by atomic mass is 16.3. The molecule has 0 amide bonds. The van der Waals surface area contributed by atoms with E-state index in [-0.39, 0.29) is 6.10 Å². The van der Waals surface area contributed by atoms with E-state index in [9.17, 15) is 10.2 Å². The second kappa shape index (κ2) is 8.05. The van der Waals surface area contributed by atoms with Crippen LogP contribution in [-0.2, 0) is 0 Å². The first-order chi connectivity index (χ1) is 14.0. The summed E-state index contributed by atoms with van der Waals surface area (Å²) >= 11 is 0. The molecule has 2 nitrogen and oxygen atoms in total. The lowest BCUT2D eigenvalue weighted by Gasteiger charge is -2.62. The Morgan fingerprint density at radius 3 is 2.20 bits per heavy atom. The van der Waals surface area contributed by atoms with Crippen molar-refractivity contribution in [1.29, 1.82) is 0 Å². The molecule has 30 heavy (non-hydrogen) atoms. The van der Waals surface area contributed by atoms with Gasteiger partial charge in [-0.15, -0.1) is 0 Å². The molecule has 4 fully saturated rings. The van der Waals surface area contributed by atoms with Gasteiger partial charge in [0.05, 0.1) is 11.7 Å². The van der Waals surface area contributed by atoms with Crippen LogP contribution in [0, 0.1) is 52.3 Å². The van der Waals surface area contributed by atoms with Crippen molar-refractivity contribution in [3.05, 3.63) is 0 Å². The molecule has 0 radical (unpaired) electrons. The van der Waals surface area contributed by atoms with Gasteiger partial charge in [-0.05, 0) is 130 Å². The molecule has 0 aromatic carbocycles. The zero-order chi connectivity index (χ0) is 21.9. The molecule has 0 spiro atoms. The summed E-state index contributed by atoms with van der Waals surface area (Å²) in [5.74, 6) is 5.43. The first-order valence-corrected chi connectivity index (χ1v) is 13.4. The smallest absolute Gasteiger partial charge is 0.0622 e. The molecule has 4 rings (SSSR count). The van der Waals surface area contributed by atoms with Gasteiger partial charge in [0, 0.05) is 0 Å². The van der Waals surface area contributed by atoms with Crippen molar-refractivity contribution in [3.63, 3.8) is 0 Å². The van der Waals surface area contributed by atoms with Gasteiger partial charge in [0.2, 0.25) is 0 Å². The summed E-state index contributed by atoms with van der Waals surface area (Å²) in [4.78, 5) is 0. The van der Waals surface area contributed by atoms with Crippen molar-refractivity contribution in [2.24, 2.45) is 52.3 Å². The first-order valence-electron chi connectivity index (χ1n) is 13.4. The molecule has 4 aliphatic rings. The van der Waals surface area contributed by atoms with Crippen LogP contribution in [0.25, 0.3) is 0 Å². The fourth-order valence-corrected chi connectivity index (χ4v) is 9.37. The molecule has 2 heteroatoms. The summed E-state index contributed by atoms with van der Waals surface area (Å²) in [5.41, 5.74) is 0.568. The lowest BCUT2D eigenvalue weighted by atomic mass is 9.43. The van der Waals surface area contributed by atoms with E-state index in [1.165, 1.54) is 51.4 Å². The Morgan fingerprint density at radius 1 is 0.800 bits per heavy atom. The molecule has 2 N–H and O–H groups in total. The molecular weight excluding hydrogens is 368 g/mol. The van der Waals surface area contributed by atoms with Gasteiger partial charge in [0.15, 0.2) is 0 Å². The van der Waals surface area contributed by atoms with Gasteiger partial charge < -0.3 is 10.2 Å². The molecule has 10 atom stereocenters. The zero-order valence-corrected chi connectivity index (χ0v) is 20.8. The zero-order valence-electron chi connectivity index (χ0n) is 20.8. The van der Waals surface area contributed by atoms with Crippen molar-refractivity contribution >= 4 is 0 Å². The molecule has 0 aromatic heterocycles. The summed E-state index contributed by atoms with van der Waals surface area (Å²) in [6.45, 7) is 14.1. The van der Waals surface area contributed by atoms with Crippen LogP contribution in [0.1, 0.15) is 112 Å². The second-order valence-electron chi connectivity index (χ2n) is 13.5. The molecule has 0 aliphatic heterocycles. The van der Waals surface area contributed by atoms with Crippen LogP contribution in [0.5, 0.6) is 0 Å². The third-order valence-corrected chi connectivity index (χ3v) is 11.4. The maximum Gasteiger partial charge on any atom is 0.0622 e. The minimum Gasteiger partial charge on any atom is -0.393 e. The Labute approximate surface area is 186 Å². The molecule has 0 heterocycles. The quantitative estimate of drug-likeness (QED) is 0.513. The highest BCUT2D eigenvalue weighted by Crippen LogP contribution is 2.68. The minimum absolute atomic E-state index is 0.132. The van der Waals surface area contributed by atoms with Crippen LogP contribution in [0.2, 0.25) is 0 Å². The number of aliphatic hydroxyl groups excluding tert-OH is 1. The Bertz CT molecular complexity index is 612. The number of aliphatic hydroxyl groups is 2. The highest BCUT2D eigenvalue weighted by molar-refractivity contribution is 5.10. The molecular formula is C28H50O2. The van der Waals surface area contributed by atoms with Gasteiger partial charge in [-0.2, -0.15) is 0 Å². The van der Waals surface area contributed by atoms with E-state index in [0.29, 0.717) is 16.7 Å². The van der Waals surface area contributed by atoms with Crippen LogP contribution in [0.3, 0.4) is 0 Å². The van der Waals surface area contributed by atoms with E-state index in [1.807, 2.05) is 0 Å². The molecule has 4 saturated carbocycles. The Hall–Kier alpha value is -0.0800. The van der Waals surface area contributed by atoms with E-state index >= 15 is 0 Å². The average molecular weight is 419 g/mol. The maximum absolute atomic E-state index is 10.7. The minimum atomic E-state index is -0.422. The van der Waals surface area contributed by atoms with Crippen LogP contribution < -0.4 is 0 Å². The van der Waals surface area contributed by atoms with E-state index in [2.05, 4.69) is 41.5 Å². The lowest BCUT2D eigenvalue weighted by Crippen LogP contribution is -2.55. The predicted molar refractivity (Wildman–Crippen MR) is 125 cm³/mol. The van der Waals surface area contributed by atoms with Crippen molar-refractivity contribution in [2.75, 3.05) is 0 Å². The largest absolute Gasteiger partial charge is 0.393 e. The van der Waals surface area contributed by atoms with Crippen molar-refractivity contribution in [2.45, 2.75) is 124 Å². The summed E-state index contributed by atoms with van der Waals surface area (Å²) in [6, 6.07) is 0. The summed E-state index contributed by atoms with van der Waals surface area (Å²) < 4.78 is 0. The third-order valence-electron chi connectivity index (χ3n) is 11.4. The predicted octanol–water partition coefficient (Wildman–Crippen LogP) is 6.83. The van der Waals surface area contributed by atoms with E-state index < -0.39 is 5.60 Å². The molecule has 1 unspecified atom stereocenters. The molecule has 0 aromatic rings. The van der Waals surface area contributed by atoms with Crippen LogP contribution >= 0.6 is 0 Å². The normalized spacial score (nSPS) is 50.5. The van der Waals surface area contributed by atoms with Crippen molar-refractivity contribution in [1.82, 2.24) is 0 Å². The van der Waals surface area contributed by atoms with E-state index in [4.69, 9.17) is 0 Å². The maximum atomic E-state index is 10.7. The SMILES string of the molecule is CC(C)C(O)CC[C@@H](C)[C@H]1CC[C@H]2[C@@H]3CC[C@@H]4C[C@@](C)(O)CC[C@]4(C)[C@H]3CC[C@]12C. The van der Waals surface area contributed by atoms with Crippen molar-refractivity contribution in [3.8, 4) is 0 Å². The Balaban J connectivity index is 1.46. The number of hydrogen-bond donors (Lipinski definition) is 2. The standard InChI is InChI=1S/C28H50O2/c1-18(2)25(29)12-7-19(3)22-10-11-23-21-9-8-20-17-26(4,30)15-16-27(20,5)24(21)13-14-28(22,23)6/h18-25,29-30H,7-17H2,1-6H3/t19-,20-,21+,22-,23+,24+,25?,26+,27+,28-/m1/s1. The van der Waals surface area contributed by atoms with Crippen molar-refractivity contribution < 1.29 is 10.2 Å². The first kappa shape index (κ1) is 23.1. The third kappa shape index (κ3) is 3.81. The van der Waals surface area contributed by atoms with Gasteiger partial charge in [0.25, 0.3) is 0 Å². The van der Waals surface area contributed by atoms with Crippen LogP contribution in [-0.4, -0.2) is 21.9 Å². The number of hydrogen-bond acceptors (Lipinski definition) is 2. The summed E-state index contributed by atoms with van der Waals surface area (Å²) in [5, 5.41) is 21.0. The lowest BCUT2D eigenvalue weighted by molar-refractivity contribution is -0.148. The van der Waals surface area contributed by atoms with Crippen LogP contribution in [0.15, 0.2) is 0 Å². The number of fused-ring (bicyclic) bond motifs is 5. The second-order valence-corrected chi connectivity index (χ2v) is 13.5. The molecule has 0 saturated heterocycles. The Morgan fingerprint density at radius 2 is 1.50 bits per heavy atom. The van der Waals surface area contributed by atoms with Gasteiger partial charge >= 0.3 is 0 Å². The van der Waals surface area contributed by atoms with Gasteiger partial charge in [-0.3, -0.25) is 0 Å². The van der Waals surface area contributed by atoms with E-state index in [1.54, 1.807) is 0 Å². The van der Waals surface area contributed by atoms with Gasteiger partial charge in [-0.1, -0.05) is 34.6 Å². The fourth-order valence-electron chi connectivity index (χ4n) is 9.37. The molecule has 174 valence electrons. The fraction of sp³-hybridized carbons (Fsp3) is 1.00. The number of rotatable bonds is 5.